The fourth-order valence-corrected chi connectivity index (χ4v) is 11.5. The summed E-state index contributed by atoms with van der Waals surface area (Å²) >= 11 is 0. The minimum absolute atomic E-state index is 0.859. The molecule has 41 heteroatoms. The largest absolute Gasteiger partial charge is 0.394 e. The van der Waals surface area contributed by atoms with Crippen LogP contribution in [0.25, 0.3) is 0 Å². The highest BCUT2D eigenvalue weighted by atomic mass is 16.8. The van der Waals surface area contributed by atoms with Crippen LogP contribution in [0, 0.1) is 0 Å². The van der Waals surface area contributed by atoms with Crippen LogP contribution >= 0.6 is 0 Å². The normalized spacial score (nSPS) is 53.6. The number of aliphatic hydroxyl groups excluding tert-OH is 26. The van der Waals surface area contributed by atoms with Gasteiger partial charge < -0.3 is 204 Å². The molecule has 26 N–H and O–H groups in total. The van der Waals surface area contributed by atoms with E-state index in [1.165, 1.54) is 0 Å². The Morgan fingerprint density at radius 3 is 0.618 bits per heavy atom. The van der Waals surface area contributed by atoms with Gasteiger partial charge >= 0.3 is 0 Å². The lowest BCUT2D eigenvalue weighted by Crippen LogP contribution is -2.68. The highest BCUT2D eigenvalue weighted by molar-refractivity contribution is 5.02. The molecule has 8 saturated heterocycles. The highest BCUT2D eigenvalue weighted by Gasteiger charge is 2.59. The summed E-state index contributed by atoms with van der Waals surface area (Å²) in [5.74, 6) is 0. The third-order valence-electron chi connectivity index (χ3n) is 16.7. The van der Waals surface area contributed by atoms with E-state index < -0.39 is 299 Å². The van der Waals surface area contributed by atoms with Crippen LogP contribution in [0.15, 0.2) is 0 Å². The summed E-state index contributed by atoms with van der Waals surface area (Å²) in [5.41, 5.74) is 0. The molecule has 8 heterocycles. The van der Waals surface area contributed by atoms with Crippen molar-refractivity contribution in [3.05, 3.63) is 0 Å². The molecule has 0 amide bonds. The first-order valence-corrected chi connectivity index (χ1v) is 28.2. The minimum atomic E-state index is -2.33. The second-order valence-electron chi connectivity index (χ2n) is 22.4. The van der Waals surface area contributed by atoms with Gasteiger partial charge in [0.1, 0.15) is 195 Å². The lowest BCUT2D eigenvalue weighted by molar-refractivity contribution is -0.400. The van der Waals surface area contributed by atoms with Crippen LogP contribution in [0.3, 0.4) is 0 Å². The maximum Gasteiger partial charge on any atom is 0.187 e. The average molecular weight is 1320 g/mol. The van der Waals surface area contributed by atoms with E-state index in [-0.39, 0.29) is 0 Å². The summed E-state index contributed by atoms with van der Waals surface area (Å²) in [6.07, 6.45) is -79.7. The monoisotopic (exact) mass is 1310 g/mol. The minimum Gasteiger partial charge on any atom is -0.394 e. The standard InChI is InChI=1S/C48H82O41/c49-1-9-17(57)21(61)26(66)42(76-9)83-34-13(5-53)81-45(29(69)24(34)64)88-39-19(59)12(4-52)78-48(33(39)73)86-37-16(8-56)82-46(30(70)25(37)65)89-40-20(60)11(3-51)77-47(32(40)72)85-36-15(7-55)79-43(27(67)22(36)62)84-35-14(6-54)80-44(28(68)23(35)63)87-38-18(58)10(2-50)75-41(74)31(38)71/h9-74H,1-8H2/t9-,10-,11-,12-,13-,14-,15-,16-,17-,18-,19-,20-,21+,22-,23-,24-,25-,26-,27-,28-,29-,30-,31-,32-,33-,34-,35-,36-,37-,38+,39+,40+,41-,42+,43+,44+,45+,46+,47+,48+/m1/s1. The van der Waals surface area contributed by atoms with Gasteiger partial charge in [-0.15, -0.1) is 0 Å². The number of aliphatic hydroxyl groups is 26. The fourth-order valence-electron chi connectivity index (χ4n) is 11.5. The van der Waals surface area contributed by atoms with E-state index in [1.54, 1.807) is 0 Å². The van der Waals surface area contributed by atoms with E-state index in [4.69, 9.17) is 71.1 Å². The van der Waals surface area contributed by atoms with E-state index >= 15 is 0 Å². The molecule has 8 rings (SSSR count). The summed E-state index contributed by atoms with van der Waals surface area (Å²) in [6, 6.07) is 0. The maximum atomic E-state index is 11.6. The van der Waals surface area contributed by atoms with Gasteiger partial charge in [-0.1, -0.05) is 0 Å². The molecule has 8 fully saturated rings. The van der Waals surface area contributed by atoms with E-state index in [1.807, 2.05) is 0 Å². The Labute approximate surface area is 501 Å². The zero-order valence-electron chi connectivity index (χ0n) is 46.5. The number of hydrogen-bond acceptors (Lipinski definition) is 41. The van der Waals surface area contributed by atoms with Crippen molar-refractivity contribution in [3.8, 4) is 0 Å². The molecular weight excluding hydrogens is 1230 g/mol. The molecule has 0 aromatic heterocycles. The molecule has 0 aliphatic carbocycles. The second kappa shape index (κ2) is 31.5. The average Bonchev–Trinajstić information content (AvgIpc) is 1.24. The van der Waals surface area contributed by atoms with Crippen molar-refractivity contribution >= 4 is 0 Å². The predicted octanol–water partition coefficient (Wildman–Crippen LogP) is -18.5. The van der Waals surface area contributed by atoms with Gasteiger partial charge in [0.2, 0.25) is 0 Å². The number of ether oxygens (including phenoxy) is 15. The van der Waals surface area contributed by atoms with Crippen molar-refractivity contribution in [2.75, 3.05) is 52.9 Å². The van der Waals surface area contributed by atoms with E-state index in [0.717, 1.165) is 0 Å². The van der Waals surface area contributed by atoms with Crippen LogP contribution in [0.4, 0.5) is 0 Å². The Bertz CT molecular complexity index is 2130. The topological polar surface area (TPSA) is 664 Å². The Morgan fingerprint density at radius 1 is 0.169 bits per heavy atom. The first kappa shape index (κ1) is 73.2. The molecule has 0 bridgehead atoms. The third kappa shape index (κ3) is 15.0. The first-order chi connectivity index (χ1) is 42.2. The molecule has 0 unspecified atom stereocenters. The van der Waals surface area contributed by atoms with Gasteiger partial charge in [-0.05, 0) is 0 Å². The van der Waals surface area contributed by atoms with Gasteiger partial charge in [0.05, 0.1) is 52.9 Å². The van der Waals surface area contributed by atoms with E-state index in [0.29, 0.717) is 0 Å². The van der Waals surface area contributed by atoms with Gasteiger partial charge in [0.15, 0.2) is 50.3 Å². The number of hydrogen-bond donors (Lipinski definition) is 26. The van der Waals surface area contributed by atoms with Crippen molar-refractivity contribution in [3.63, 3.8) is 0 Å². The molecule has 0 spiro atoms. The molecule has 0 radical (unpaired) electrons. The summed E-state index contributed by atoms with van der Waals surface area (Å²) in [5, 5.41) is 278. The van der Waals surface area contributed by atoms with E-state index in [9.17, 15) is 133 Å². The van der Waals surface area contributed by atoms with Gasteiger partial charge in [-0.2, -0.15) is 0 Å². The summed E-state index contributed by atoms with van der Waals surface area (Å²) in [4.78, 5) is 0. The zero-order valence-corrected chi connectivity index (χ0v) is 46.5. The third-order valence-corrected chi connectivity index (χ3v) is 16.7. The molecule has 0 saturated carbocycles. The second-order valence-corrected chi connectivity index (χ2v) is 22.4. The lowest BCUT2D eigenvalue weighted by Gasteiger charge is -2.50. The Balaban J connectivity index is 0.893. The smallest absolute Gasteiger partial charge is 0.187 e. The highest BCUT2D eigenvalue weighted by Crippen LogP contribution is 2.39. The van der Waals surface area contributed by atoms with Gasteiger partial charge in [-0.3, -0.25) is 0 Å². The van der Waals surface area contributed by atoms with Crippen molar-refractivity contribution < 1.29 is 204 Å². The van der Waals surface area contributed by atoms with Gasteiger partial charge in [0, 0.05) is 0 Å². The van der Waals surface area contributed by atoms with Crippen LogP contribution < -0.4 is 0 Å². The van der Waals surface area contributed by atoms with Crippen molar-refractivity contribution in [2.45, 2.75) is 246 Å². The Morgan fingerprint density at radius 2 is 0.360 bits per heavy atom. The quantitative estimate of drug-likeness (QED) is 0.0479. The molecular formula is C48H82O41. The lowest BCUT2D eigenvalue weighted by atomic mass is 9.95. The SMILES string of the molecule is OC[C@H]1O[C@@H](O[C@H]2[C@H](O)[C@@H](O)[C@H](O[C@@H]3[C@@H](O)[C@H](O[C@H]4[C@H](O)[C@@H](O)[C@H](O[C@@H]5[C@@H](O)[C@H](O[C@H]6[C@H](O)[C@@H](O)[C@H](O[C@H]7[C@H](O)[C@@H](O)[C@H](O[C@@H]8[C@@H](O)[C@H](O)O[C@H](CO)[C@H]8O)O[C@@H]7CO)O[C@@H]6CO)O[C@H](CO)[C@H]5O)O[C@@H]4CO)O[C@H](CO)[C@H]3O)O[C@@H]2CO)[C@H](O)[C@@H](O)[C@@H]1O. The molecule has 0 aromatic rings. The van der Waals surface area contributed by atoms with Crippen LogP contribution in [-0.2, 0) is 71.1 Å². The van der Waals surface area contributed by atoms with Crippen LogP contribution in [0.2, 0.25) is 0 Å². The molecule has 41 nitrogen and oxygen atoms in total. The summed E-state index contributed by atoms with van der Waals surface area (Å²) < 4.78 is 83.4. The molecule has 8 aliphatic heterocycles. The first-order valence-electron chi connectivity index (χ1n) is 28.2. The molecule has 0 aromatic carbocycles. The van der Waals surface area contributed by atoms with Crippen molar-refractivity contribution in [1.82, 2.24) is 0 Å². The van der Waals surface area contributed by atoms with Gasteiger partial charge in [0.25, 0.3) is 0 Å². The zero-order chi connectivity index (χ0) is 65.4. The Hall–Kier alpha value is -1.64. The van der Waals surface area contributed by atoms with Crippen molar-refractivity contribution in [1.29, 1.82) is 0 Å². The number of rotatable bonds is 22. The van der Waals surface area contributed by atoms with E-state index in [2.05, 4.69) is 0 Å². The fraction of sp³-hybridized carbons (Fsp3) is 1.00. The molecule has 520 valence electrons. The summed E-state index contributed by atoms with van der Waals surface area (Å²) in [6.45, 7) is -8.15. The maximum absolute atomic E-state index is 11.6. The summed E-state index contributed by atoms with van der Waals surface area (Å²) in [7, 11) is 0. The predicted molar refractivity (Wildman–Crippen MR) is 264 cm³/mol. The molecule has 8 aliphatic rings. The molecule has 89 heavy (non-hydrogen) atoms. The van der Waals surface area contributed by atoms with Crippen LogP contribution in [0.1, 0.15) is 0 Å². The molecule has 40 atom stereocenters. The van der Waals surface area contributed by atoms with Crippen LogP contribution in [-0.4, -0.2) is 431 Å². The van der Waals surface area contributed by atoms with Gasteiger partial charge in [-0.25, -0.2) is 0 Å². The van der Waals surface area contributed by atoms with Crippen molar-refractivity contribution in [2.24, 2.45) is 0 Å². The van der Waals surface area contributed by atoms with Crippen LogP contribution in [0.5, 0.6) is 0 Å². The Kier molecular flexibility index (Phi) is 25.9.